The number of benzene rings is 3. The van der Waals surface area contributed by atoms with Gasteiger partial charge < -0.3 is 25.5 Å². The van der Waals surface area contributed by atoms with Crippen LogP contribution >= 0.6 is 0 Å². The molecule has 1 aliphatic heterocycles. The van der Waals surface area contributed by atoms with Gasteiger partial charge in [-0.1, -0.05) is 51.1 Å². The number of hydrogen-bond acceptors (Lipinski definition) is 9. The average Bonchev–Trinajstić information content (AvgIpc) is 3.37. The lowest BCUT2D eigenvalue weighted by molar-refractivity contribution is 0.0364. The Kier molecular flexibility index (Phi) is 9.31. The van der Waals surface area contributed by atoms with Crippen LogP contribution in [0.2, 0.25) is 0 Å². The molecule has 6 rings (SSSR count). The van der Waals surface area contributed by atoms with Gasteiger partial charge in [-0.3, -0.25) is 9.69 Å². The maximum absolute atomic E-state index is 13.2. The molecule has 5 aromatic rings. The van der Waals surface area contributed by atoms with Crippen LogP contribution in [0.3, 0.4) is 0 Å². The van der Waals surface area contributed by atoms with E-state index in [1.54, 1.807) is 18.2 Å². The van der Waals surface area contributed by atoms with Crippen molar-refractivity contribution in [3.05, 3.63) is 94.6 Å². The molecule has 0 aliphatic carbocycles. The number of carbonyl (C=O) groups is 1. The zero-order valence-electron chi connectivity index (χ0n) is 27.5. The number of aliphatic hydroxyl groups is 1. The number of aromatic nitrogens is 5. The largest absolute Gasteiger partial charge is 0.392 e. The number of aliphatic hydroxyl groups excluding tert-OH is 1. The molecule has 0 saturated carbocycles. The van der Waals surface area contributed by atoms with Gasteiger partial charge in [-0.25, -0.2) is 9.97 Å². The second kappa shape index (κ2) is 13.6. The van der Waals surface area contributed by atoms with Crippen LogP contribution in [0.4, 0.5) is 11.6 Å². The predicted molar refractivity (Wildman–Crippen MR) is 183 cm³/mol. The molecule has 0 unspecified atom stereocenters. The molecule has 1 amide bonds. The van der Waals surface area contributed by atoms with Gasteiger partial charge in [-0.15, -0.1) is 0 Å². The highest BCUT2D eigenvalue weighted by Gasteiger charge is 2.19. The zero-order chi connectivity index (χ0) is 33.1. The van der Waals surface area contributed by atoms with Gasteiger partial charge in [0, 0.05) is 55.0 Å². The number of hydrogen-bond donors (Lipinski definition) is 3. The molecular weight excluding hydrogens is 592 g/mol. The molecule has 47 heavy (non-hydrogen) atoms. The number of rotatable bonds is 9. The number of morpholine rings is 1. The van der Waals surface area contributed by atoms with Gasteiger partial charge in [0.1, 0.15) is 11.6 Å². The van der Waals surface area contributed by atoms with E-state index in [4.69, 9.17) is 20.4 Å². The number of nitrogens with one attached hydrogen (secondary N) is 1. The number of carbonyl (C=O) groups excluding carboxylic acids is 1. The Morgan fingerprint density at radius 2 is 1.74 bits per heavy atom. The minimum absolute atomic E-state index is 0.0173. The van der Waals surface area contributed by atoms with E-state index in [0.29, 0.717) is 40.4 Å². The summed E-state index contributed by atoms with van der Waals surface area (Å²) in [4.78, 5) is 34.0. The number of amides is 1. The molecule has 3 aromatic carbocycles. The van der Waals surface area contributed by atoms with Crippen LogP contribution in [-0.2, 0) is 29.7 Å². The van der Waals surface area contributed by atoms with Crippen LogP contribution in [0, 0.1) is 6.92 Å². The smallest absolute Gasteiger partial charge is 0.255 e. The van der Waals surface area contributed by atoms with Crippen LogP contribution in [0.25, 0.3) is 22.4 Å². The highest BCUT2D eigenvalue weighted by Crippen LogP contribution is 2.29. The standard InChI is InChI=1S/C36H42N8O3/c1-23-38-30-20-24(8-13-31(30)44(23)15-14-43-16-18-47-19-17-43)21-32-40-33(42-35(37)41-32)27-6-5-7-29(28(27)22-45)39-34(46)25-9-11-26(12-10-25)36(2,3)4/h5-13,20,45H,14-19,21-22H2,1-4H3,(H,39,46)(H2,37,40,41,42). The van der Waals surface area contributed by atoms with Crippen LogP contribution in [0.5, 0.6) is 0 Å². The fourth-order valence-corrected chi connectivity index (χ4v) is 5.97. The topological polar surface area (TPSA) is 144 Å². The number of ether oxygens (including phenoxy) is 1. The van der Waals surface area contributed by atoms with Gasteiger partial charge in [-0.2, -0.15) is 9.97 Å². The van der Waals surface area contributed by atoms with Crippen LogP contribution in [-0.4, -0.2) is 73.3 Å². The van der Waals surface area contributed by atoms with E-state index in [0.717, 1.165) is 67.4 Å². The Balaban J connectivity index is 1.21. The van der Waals surface area contributed by atoms with E-state index in [2.05, 4.69) is 63.7 Å². The summed E-state index contributed by atoms with van der Waals surface area (Å²) in [5.41, 5.74) is 12.3. The van der Waals surface area contributed by atoms with E-state index in [1.165, 1.54) is 0 Å². The summed E-state index contributed by atoms with van der Waals surface area (Å²) >= 11 is 0. The van der Waals surface area contributed by atoms with Crippen molar-refractivity contribution < 1.29 is 14.6 Å². The molecule has 2 aromatic heterocycles. The zero-order valence-corrected chi connectivity index (χ0v) is 27.5. The van der Waals surface area contributed by atoms with E-state index < -0.39 is 0 Å². The fourth-order valence-electron chi connectivity index (χ4n) is 5.97. The lowest BCUT2D eigenvalue weighted by Crippen LogP contribution is -2.38. The third-order valence-electron chi connectivity index (χ3n) is 8.64. The first-order chi connectivity index (χ1) is 22.6. The Hall–Kier alpha value is -4.71. The van der Waals surface area contributed by atoms with Gasteiger partial charge in [0.25, 0.3) is 5.91 Å². The summed E-state index contributed by atoms with van der Waals surface area (Å²) < 4.78 is 7.74. The Bertz CT molecular complexity index is 1890. The predicted octanol–water partition coefficient (Wildman–Crippen LogP) is 4.74. The van der Waals surface area contributed by atoms with E-state index in [1.807, 2.05) is 31.2 Å². The van der Waals surface area contributed by atoms with Crippen LogP contribution in [0.15, 0.2) is 60.7 Å². The molecule has 0 bridgehead atoms. The Morgan fingerprint density at radius 3 is 2.47 bits per heavy atom. The van der Waals surface area contributed by atoms with Gasteiger partial charge in [-0.05, 0) is 53.8 Å². The maximum atomic E-state index is 13.2. The molecule has 4 N–H and O–H groups in total. The fraction of sp³-hybridized carbons (Fsp3) is 0.361. The minimum atomic E-state index is -0.333. The highest BCUT2D eigenvalue weighted by molar-refractivity contribution is 6.05. The minimum Gasteiger partial charge on any atom is -0.392 e. The van der Waals surface area contributed by atoms with Crippen molar-refractivity contribution >= 4 is 28.6 Å². The quantitative estimate of drug-likeness (QED) is 0.209. The number of nitrogens with zero attached hydrogens (tertiary/aromatic N) is 6. The molecule has 11 nitrogen and oxygen atoms in total. The van der Waals surface area contributed by atoms with E-state index in [-0.39, 0.29) is 23.9 Å². The SMILES string of the molecule is Cc1nc2cc(Cc3nc(N)nc(-c4cccc(NC(=O)c5ccc(C(C)(C)C)cc5)c4CO)n3)ccc2n1CCN1CCOCC1. The molecule has 11 heteroatoms. The molecule has 244 valence electrons. The lowest BCUT2D eigenvalue weighted by Gasteiger charge is -2.26. The van der Waals surface area contributed by atoms with Gasteiger partial charge in [0.05, 0.1) is 30.9 Å². The number of nitrogens with two attached hydrogens (primary N) is 1. The summed E-state index contributed by atoms with van der Waals surface area (Å²) in [7, 11) is 0. The normalized spacial score (nSPS) is 14.1. The summed E-state index contributed by atoms with van der Waals surface area (Å²) in [5.74, 6) is 1.59. The highest BCUT2D eigenvalue weighted by atomic mass is 16.5. The van der Waals surface area contributed by atoms with Crippen molar-refractivity contribution in [2.75, 3.05) is 43.9 Å². The molecule has 0 radical (unpaired) electrons. The van der Waals surface area contributed by atoms with Crippen LogP contribution < -0.4 is 11.1 Å². The Morgan fingerprint density at radius 1 is 0.979 bits per heavy atom. The maximum Gasteiger partial charge on any atom is 0.255 e. The van der Waals surface area contributed by atoms with Crippen molar-refractivity contribution in [3.63, 3.8) is 0 Å². The Labute approximate surface area is 274 Å². The lowest BCUT2D eigenvalue weighted by atomic mass is 9.86. The van der Waals surface area contributed by atoms with Gasteiger partial charge in [0.15, 0.2) is 5.82 Å². The van der Waals surface area contributed by atoms with Crippen molar-refractivity contribution in [2.24, 2.45) is 0 Å². The van der Waals surface area contributed by atoms with Crippen molar-refractivity contribution in [2.45, 2.75) is 52.7 Å². The third-order valence-corrected chi connectivity index (χ3v) is 8.64. The van der Waals surface area contributed by atoms with E-state index in [9.17, 15) is 9.90 Å². The number of nitrogen functional groups attached to an aromatic ring is 1. The number of anilines is 2. The summed E-state index contributed by atoms with van der Waals surface area (Å²) in [6.07, 6.45) is 0.421. The van der Waals surface area contributed by atoms with E-state index >= 15 is 0 Å². The van der Waals surface area contributed by atoms with Crippen LogP contribution in [0.1, 0.15) is 59.5 Å². The molecule has 1 aliphatic rings. The first kappa shape index (κ1) is 32.2. The molecule has 3 heterocycles. The number of imidazole rings is 1. The molecule has 1 saturated heterocycles. The molecule has 0 spiro atoms. The first-order valence-electron chi connectivity index (χ1n) is 16.0. The summed E-state index contributed by atoms with van der Waals surface area (Å²) in [5, 5.41) is 13.4. The molecule has 1 fully saturated rings. The van der Waals surface area contributed by atoms with Crippen molar-refractivity contribution in [3.8, 4) is 11.4 Å². The molecule has 0 atom stereocenters. The van der Waals surface area contributed by atoms with Gasteiger partial charge >= 0.3 is 0 Å². The van der Waals surface area contributed by atoms with Crippen molar-refractivity contribution in [1.29, 1.82) is 0 Å². The van der Waals surface area contributed by atoms with Crippen molar-refractivity contribution in [1.82, 2.24) is 29.4 Å². The first-order valence-corrected chi connectivity index (χ1v) is 16.0. The number of fused-ring (bicyclic) bond motifs is 1. The summed E-state index contributed by atoms with van der Waals surface area (Å²) in [6, 6.07) is 19.1. The second-order valence-electron chi connectivity index (χ2n) is 13.0. The third kappa shape index (κ3) is 7.32. The monoisotopic (exact) mass is 634 g/mol. The second-order valence-corrected chi connectivity index (χ2v) is 13.0. The number of aryl methyl sites for hydroxylation is 1. The summed E-state index contributed by atoms with van der Waals surface area (Å²) in [6.45, 7) is 13.4. The van der Waals surface area contributed by atoms with Gasteiger partial charge in [0.2, 0.25) is 5.95 Å². The average molecular weight is 635 g/mol. The molecular formula is C36H42N8O3.